The molecule has 2 aliphatic rings. The van der Waals surface area contributed by atoms with Crippen LogP contribution in [0.2, 0.25) is 0 Å². The Balaban J connectivity index is 1.40. The van der Waals surface area contributed by atoms with Crippen molar-refractivity contribution in [3.63, 3.8) is 0 Å². The van der Waals surface area contributed by atoms with Crippen molar-refractivity contribution >= 4 is 23.6 Å². The molecule has 1 heterocycles. The molecule has 1 aliphatic heterocycles. The summed E-state index contributed by atoms with van der Waals surface area (Å²) in [5, 5.41) is 3.02. The lowest BCUT2D eigenvalue weighted by Crippen LogP contribution is -2.28. The van der Waals surface area contributed by atoms with Crippen molar-refractivity contribution in [1.82, 2.24) is 10.2 Å². The quantitative estimate of drug-likeness (QED) is 0.708. The van der Waals surface area contributed by atoms with Gasteiger partial charge in [0, 0.05) is 18.7 Å². The van der Waals surface area contributed by atoms with E-state index < -0.39 is 0 Å². The molecular formula is C24H26N2O2S. The molecule has 1 atom stereocenters. The zero-order chi connectivity index (χ0) is 20.1. The first-order valence-corrected chi connectivity index (χ1v) is 11.3. The van der Waals surface area contributed by atoms with Gasteiger partial charge < -0.3 is 10.2 Å². The van der Waals surface area contributed by atoms with Crippen LogP contribution in [0.4, 0.5) is 0 Å². The van der Waals surface area contributed by atoms with E-state index in [0.29, 0.717) is 24.4 Å². The normalized spacial score (nSPS) is 19.2. The molecule has 150 valence electrons. The summed E-state index contributed by atoms with van der Waals surface area (Å²) in [6, 6.07) is 17.7. The highest BCUT2D eigenvalue weighted by molar-refractivity contribution is 8.00. The lowest BCUT2D eigenvalue weighted by atomic mass is 9.99. The second kappa shape index (κ2) is 9.31. The fourth-order valence-corrected chi connectivity index (χ4v) is 5.03. The van der Waals surface area contributed by atoms with Gasteiger partial charge in [-0.3, -0.25) is 9.59 Å². The monoisotopic (exact) mass is 406 g/mol. The molecule has 1 fully saturated rings. The first kappa shape index (κ1) is 19.8. The Morgan fingerprint density at radius 1 is 1.07 bits per heavy atom. The zero-order valence-corrected chi connectivity index (χ0v) is 17.3. The van der Waals surface area contributed by atoms with Gasteiger partial charge >= 0.3 is 0 Å². The maximum Gasteiger partial charge on any atom is 0.251 e. The smallest absolute Gasteiger partial charge is 0.251 e. The number of carbonyl (C=O) groups excluding carboxylic acids is 2. The number of hydrogen-bond donors (Lipinski definition) is 1. The van der Waals surface area contributed by atoms with E-state index in [2.05, 4.69) is 11.4 Å². The molecule has 1 N–H and O–H groups in total. The average molecular weight is 407 g/mol. The van der Waals surface area contributed by atoms with Gasteiger partial charge in [0.05, 0.1) is 5.75 Å². The van der Waals surface area contributed by atoms with Crippen molar-refractivity contribution in [2.45, 2.75) is 37.6 Å². The third kappa shape index (κ3) is 4.91. The van der Waals surface area contributed by atoms with Gasteiger partial charge in [-0.1, -0.05) is 54.1 Å². The van der Waals surface area contributed by atoms with Gasteiger partial charge in [0.25, 0.3) is 5.91 Å². The summed E-state index contributed by atoms with van der Waals surface area (Å²) in [7, 11) is 0. The SMILES string of the molecule is O=C(NCC1=CCCCC1)c1ccc(C2SCC(=O)N2Cc2ccccc2)cc1. The van der Waals surface area contributed by atoms with E-state index in [1.54, 1.807) is 11.8 Å². The molecular weight excluding hydrogens is 380 g/mol. The summed E-state index contributed by atoms with van der Waals surface area (Å²) in [5.74, 6) is 0.611. The van der Waals surface area contributed by atoms with Crippen LogP contribution in [0.1, 0.15) is 52.5 Å². The number of rotatable bonds is 6. The second-order valence-electron chi connectivity index (χ2n) is 7.58. The molecule has 0 saturated carbocycles. The van der Waals surface area contributed by atoms with Gasteiger partial charge in [0.1, 0.15) is 5.37 Å². The van der Waals surface area contributed by atoms with Crippen LogP contribution in [0.3, 0.4) is 0 Å². The van der Waals surface area contributed by atoms with Gasteiger partial charge in [-0.05, 0) is 48.9 Å². The van der Waals surface area contributed by atoms with Crippen LogP contribution in [0.25, 0.3) is 0 Å². The van der Waals surface area contributed by atoms with Crippen molar-refractivity contribution < 1.29 is 9.59 Å². The van der Waals surface area contributed by atoms with E-state index >= 15 is 0 Å². The lowest BCUT2D eigenvalue weighted by Gasteiger charge is -2.24. The fourth-order valence-electron chi connectivity index (χ4n) is 3.84. The molecule has 1 aliphatic carbocycles. The van der Waals surface area contributed by atoms with Crippen molar-refractivity contribution in [1.29, 1.82) is 0 Å². The molecule has 2 aromatic rings. The minimum atomic E-state index is -0.0423. The zero-order valence-electron chi connectivity index (χ0n) is 16.5. The Hall–Kier alpha value is -2.53. The Morgan fingerprint density at radius 2 is 1.86 bits per heavy atom. The third-order valence-electron chi connectivity index (χ3n) is 5.48. The van der Waals surface area contributed by atoms with Crippen LogP contribution >= 0.6 is 11.8 Å². The minimum absolute atomic E-state index is 0.00721. The van der Waals surface area contributed by atoms with E-state index in [1.165, 1.54) is 18.4 Å². The number of hydrogen-bond acceptors (Lipinski definition) is 3. The molecule has 0 radical (unpaired) electrons. The van der Waals surface area contributed by atoms with Gasteiger partial charge in [-0.15, -0.1) is 11.8 Å². The number of carbonyl (C=O) groups is 2. The molecule has 4 nitrogen and oxygen atoms in total. The number of nitrogens with one attached hydrogen (secondary N) is 1. The van der Waals surface area contributed by atoms with Crippen LogP contribution < -0.4 is 5.32 Å². The van der Waals surface area contributed by atoms with E-state index in [-0.39, 0.29) is 17.2 Å². The van der Waals surface area contributed by atoms with Crippen molar-refractivity contribution in [2.24, 2.45) is 0 Å². The van der Waals surface area contributed by atoms with Crippen molar-refractivity contribution in [2.75, 3.05) is 12.3 Å². The highest BCUT2D eigenvalue weighted by atomic mass is 32.2. The highest BCUT2D eigenvalue weighted by Gasteiger charge is 2.32. The predicted octanol–water partition coefficient (Wildman–Crippen LogP) is 4.69. The first-order valence-electron chi connectivity index (χ1n) is 10.2. The highest BCUT2D eigenvalue weighted by Crippen LogP contribution is 2.39. The number of benzene rings is 2. The van der Waals surface area contributed by atoms with Crippen LogP contribution in [0.15, 0.2) is 66.2 Å². The fraction of sp³-hybridized carbons (Fsp3) is 0.333. The summed E-state index contributed by atoms with van der Waals surface area (Å²) in [6.45, 7) is 1.24. The molecule has 0 spiro atoms. The maximum atomic E-state index is 12.5. The maximum absolute atomic E-state index is 12.5. The number of thioether (sulfide) groups is 1. The molecule has 2 amide bonds. The predicted molar refractivity (Wildman–Crippen MR) is 118 cm³/mol. The molecule has 1 unspecified atom stereocenters. The summed E-state index contributed by atoms with van der Waals surface area (Å²) in [6.07, 6.45) is 6.93. The van der Waals surface area contributed by atoms with Crippen LogP contribution in [0.5, 0.6) is 0 Å². The Kier molecular flexibility index (Phi) is 6.35. The largest absolute Gasteiger partial charge is 0.348 e. The molecule has 29 heavy (non-hydrogen) atoms. The van der Waals surface area contributed by atoms with E-state index in [4.69, 9.17) is 0 Å². The molecule has 0 aromatic heterocycles. The van der Waals surface area contributed by atoms with Crippen molar-refractivity contribution in [3.05, 3.63) is 82.9 Å². The van der Waals surface area contributed by atoms with E-state index in [1.807, 2.05) is 59.5 Å². The number of allylic oxidation sites excluding steroid dienone is 1. The second-order valence-corrected chi connectivity index (χ2v) is 8.65. The van der Waals surface area contributed by atoms with Crippen LogP contribution in [-0.2, 0) is 11.3 Å². The van der Waals surface area contributed by atoms with E-state index in [9.17, 15) is 9.59 Å². The molecule has 1 saturated heterocycles. The Labute approximate surface area is 176 Å². The van der Waals surface area contributed by atoms with Gasteiger partial charge in [0.15, 0.2) is 0 Å². The van der Waals surface area contributed by atoms with Crippen LogP contribution in [0, 0.1) is 0 Å². The van der Waals surface area contributed by atoms with Crippen LogP contribution in [-0.4, -0.2) is 29.0 Å². The Bertz CT molecular complexity index is 893. The van der Waals surface area contributed by atoms with Crippen molar-refractivity contribution in [3.8, 4) is 0 Å². The van der Waals surface area contributed by atoms with Gasteiger partial charge in [-0.25, -0.2) is 0 Å². The minimum Gasteiger partial charge on any atom is -0.348 e. The standard InChI is InChI=1S/C24H26N2O2S/c27-22-17-29-24(26(22)16-19-9-5-2-6-10-19)21-13-11-20(12-14-21)23(28)25-15-18-7-3-1-4-8-18/h2,5-7,9-14,24H,1,3-4,8,15-17H2,(H,25,28). The van der Waals surface area contributed by atoms with Gasteiger partial charge in [0.2, 0.25) is 5.91 Å². The molecule has 2 aromatic carbocycles. The topological polar surface area (TPSA) is 49.4 Å². The lowest BCUT2D eigenvalue weighted by molar-refractivity contribution is -0.128. The number of amides is 2. The summed E-state index contributed by atoms with van der Waals surface area (Å²) in [5.41, 5.74) is 4.18. The Morgan fingerprint density at radius 3 is 2.59 bits per heavy atom. The summed E-state index contributed by atoms with van der Waals surface area (Å²) in [4.78, 5) is 26.8. The summed E-state index contributed by atoms with van der Waals surface area (Å²) >= 11 is 1.64. The first-order chi connectivity index (χ1) is 14.2. The van der Waals surface area contributed by atoms with Gasteiger partial charge in [-0.2, -0.15) is 0 Å². The third-order valence-corrected chi connectivity index (χ3v) is 6.74. The van der Waals surface area contributed by atoms with E-state index in [0.717, 1.165) is 24.0 Å². The summed E-state index contributed by atoms with van der Waals surface area (Å²) < 4.78 is 0. The number of nitrogens with zero attached hydrogens (tertiary/aromatic N) is 1. The molecule has 5 heteroatoms. The average Bonchev–Trinajstić information content (AvgIpc) is 3.14. The molecule has 4 rings (SSSR count). The molecule has 0 bridgehead atoms.